The summed E-state index contributed by atoms with van der Waals surface area (Å²) < 4.78 is 235. The Morgan fingerprint density at radius 1 is 0.262 bits per heavy atom. The topological polar surface area (TPSA) is 0 Å². The van der Waals surface area contributed by atoms with Crippen LogP contribution in [0.3, 0.4) is 0 Å². The molecule has 0 N–H and O–H groups in total. The predicted molar refractivity (Wildman–Crippen MR) is 109 cm³/mol. The van der Waals surface area contributed by atoms with Crippen LogP contribution in [0.4, 0.5) is 70.2 Å². The van der Waals surface area contributed by atoms with Gasteiger partial charge in [-0.15, -0.1) is 21.9 Å². The second kappa shape index (κ2) is 11.3. The first-order valence-electron chi connectivity index (χ1n) is 10.5. The Balaban J connectivity index is 0.00000484. The van der Waals surface area contributed by atoms with E-state index < -0.39 is 145 Å². The Kier molecular flexibility index (Phi) is 8.82. The molecule has 0 heterocycles. The van der Waals surface area contributed by atoms with Crippen LogP contribution in [0.5, 0.6) is 0 Å². The van der Waals surface area contributed by atoms with Gasteiger partial charge in [0.15, 0.2) is 46.5 Å². The minimum absolute atomic E-state index is 0. The maximum absolute atomic E-state index is 15.3. The van der Waals surface area contributed by atoms with Crippen LogP contribution in [0.2, 0.25) is 0 Å². The molecular formula is C24H4BF16Li. The molecule has 42 heavy (non-hydrogen) atoms. The zero-order chi connectivity index (χ0) is 30.9. The quantitative estimate of drug-likeness (QED) is 0.144. The van der Waals surface area contributed by atoms with E-state index in [9.17, 15) is 35.1 Å². The molecule has 0 nitrogen and oxygen atoms in total. The van der Waals surface area contributed by atoms with Crippen LogP contribution in [0.1, 0.15) is 0 Å². The normalized spacial score (nSPS) is 11.6. The molecule has 0 saturated carbocycles. The number of benzene rings is 4. The van der Waals surface area contributed by atoms with Crippen LogP contribution in [-0.2, 0) is 0 Å². The standard InChI is InChI=1S/C24H4BF16.Li/c26-5-1-9(30)17(34)21(38)13(5)25(14-6(27)2-10(31)18(35)22(14)39,15-7(28)3-11(32)19(36)23(15)40)16-8(29)4-12(33)20(37)24(16)41;/h1-4H;/q-1;+1. The van der Waals surface area contributed by atoms with Crippen molar-refractivity contribution in [3.8, 4) is 0 Å². The summed E-state index contributed by atoms with van der Waals surface area (Å²) in [6.45, 7) is 0. The summed E-state index contributed by atoms with van der Waals surface area (Å²) in [5.74, 6) is -45.1. The van der Waals surface area contributed by atoms with Gasteiger partial charge in [0.1, 0.15) is 29.4 Å². The van der Waals surface area contributed by atoms with Gasteiger partial charge in [0.2, 0.25) is 0 Å². The fraction of sp³-hybridized carbons (Fsp3) is 0. The summed E-state index contributed by atoms with van der Waals surface area (Å²) in [6, 6.07) is -2.92. The molecule has 0 aliphatic heterocycles. The van der Waals surface area contributed by atoms with Gasteiger partial charge in [-0.25, -0.2) is 70.2 Å². The molecule has 216 valence electrons. The molecule has 0 aliphatic carbocycles. The minimum atomic E-state index is -6.18. The van der Waals surface area contributed by atoms with Gasteiger partial charge >= 0.3 is 18.9 Å². The van der Waals surface area contributed by atoms with Gasteiger partial charge in [-0.3, -0.25) is 0 Å². The third-order valence-corrected chi connectivity index (χ3v) is 6.33. The molecule has 0 unspecified atom stereocenters. The fourth-order valence-corrected chi connectivity index (χ4v) is 4.77. The Bertz CT molecular complexity index is 1510. The van der Waals surface area contributed by atoms with Crippen LogP contribution in [0.25, 0.3) is 0 Å². The second-order valence-corrected chi connectivity index (χ2v) is 8.39. The summed E-state index contributed by atoms with van der Waals surface area (Å²) in [7, 11) is 0. The van der Waals surface area contributed by atoms with Crippen LogP contribution in [0.15, 0.2) is 24.3 Å². The molecule has 4 aromatic carbocycles. The van der Waals surface area contributed by atoms with Crippen molar-refractivity contribution in [1.29, 1.82) is 0 Å². The van der Waals surface area contributed by atoms with Crippen molar-refractivity contribution in [2.24, 2.45) is 0 Å². The first kappa shape index (κ1) is 32.9. The largest absolute Gasteiger partial charge is 1.00 e. The molecule has 0 atom stereocenters. The van der Waals surface area contributed by atoms with Gasteiger partial charge in [-0.2, -0.15) is 0 Å². The third kappa shape index (κ3) is 4.53. The van der Waals surface area contributed by atoms with Crippen molar-refractivity contribution in [3.63, 3.8) is 0 Å². The maximum Gasteiger partial charge on any atom is 1.00 e. The van der Waals surface area contributed by atoms with Gasteiger partial charge < -0.3 is 0 Å². The Hall–Kier alpha value is -3.58. The summed E-state index contributed by atoms with van der Waals surface area (Å²) >= 11 is 0. The van der Waals surface area contributed by atoms with Gasteiger partial charge in [0.05, 0.1) is 23.3 Å². The van der Waals surface area contributed by atoms with E-state index in [1.165, 1.54) is 0 Å². The Morgan fingerprint density at radius 3 is 0.595 bits per heavy atom. The minimum Gasteiger partial charge on any atom is -0.210 e. The van der Waals surface area contributed by atoms with Gasteiger partial charge in [-0.1, -0.05) is 0 Å². The molecule has 4 aromatic rings. The number of hydrogen-bond donors (Lipinski definition) is 0. The van der Waals surface area contributed by atoms with E-state index >= 15 is 35.1 Å². The average Bonchev–Trinajstić information content (AvgIpc) is 2.87. The number of halogens is 16. The van der Waals surface area contributed by atoms with E-state index in [4.69, 9.17) is 0 Å². The van der Waals surface area contributed by atoms with Crippen molar-refractivity contribution in [2.75, 3.05) is 0 Å². The fourth-order valence-electron chi connectivity index (χ4n) is 4.77. The van der Waals surface area contributed by atoms with Gasteiger partial charge in [-0.05, 0) is 0 Å². The van der Waals surface area contributed by atoms with Crippen LogP contribution >= 0.6 is 0 Å². The molecule has 0 fully saturated rings. The van der Waals surface area contributed by atoms with Crippen molar-refractivity contribution >= 4 is 28.0 Å². The predicted octanol–water partition coefficient (Wildman–Crippen LogP) is 2.29. The molecule has 0 aliphatic rings. The molecule has 4 rings (SSSR count). The third-order valence-electron chi connectivity index (χ3n) is 6.33. The van der Waals surface area contributed by atoms with Crippen LogP contribution in [-0.4, -0.2) is 6.15 Å². The first-order chi connectivity index (χ1) is 19.0. The van der Waals surface area contributed by atoms with E-state index in [1.807, 2.05) is 0 Å². The Labute approximate surface area is 234 Å². The summed E-state index contributed by atoms with van der Waals surface area (Å²) in [4.78, 5) is 0. The zero-order valence-electron chi connectivity index (χ0n) is 19.9. The summed E-state index contributed by atoms with van der Waals surface area (Å²) in [5, 5.41) is 0. The van der Waals surface area contributed by atoms with Crippen LogP contribution < -0.4 is 40.7 Å². The van der Waals surface area contributed by atoms with E-state index in [0.29, 0.717) is 0 Å². The maximum atomic E-state index is 15.3. The first-order valence-corrected chi connectivity index (χ1v) is 10.5. The average molecular weight is 614 g/mol. The molecule has 0 bridgehead atoms. The molecule has 0 spiro atoms. The molecule has 0 aromatic heterocycles. The van der Waals surface area contributed by atoms with Crippen molar-refractivity contribution < 1.29 is 89.1 Å². The van der Waals surface area contributed by atoms with E-state index in [0.717, 1.165) is 0 Å². The molecular weight excluding hydrogens is 610 g/mol. The van der Waals surface area contributed by atoms with E-state index in [1.54, 1.807) is 0 Å². The van der Waals surface area contributed by atoms with Gasteiger partial charge in [0.25, 0.3) is 0 Å². The van der Waals surface area contributed by atoms with E-state index in [-0.39, 0.29) is 18.9 Å². The second-order valence-electron chi connectivity index (χ2n) is 8.39. The SMILES string of the molecule is Fc1cc(F)c([B-](c2c(F)cc(F)c(F)c2F)(c2c(F)cc(F)c(F)c2F)c2c(F)cc(F)c(F)c2F)c(F)c1F.[Li+]. The molecule has 18 heteroatoms. The summed E-state index contributed by atoms with van der Waals surface area (Å²) in [6.07, 6.45) is -6.18. The molecule has 0 saturated heterocycles. The van der Waals surface area contributed by atoms with E-state index in [2.05, 4.69) is 0 Å². The van der Waals surface area contributed by atoms with Crippen molar-refractivity contribution in [1.82, 2.24) is 0 Å². The van der Waals surface area contributed by atoms with Crippen molar-refractivity contribution in [3.05, 3.63) is 117 Å². The Morgan fingerprint density at radius 2 is 0.429 bits per heavy atom. The smallest absolute Gasteiger partial charge is 0.210 e. The number of hydrogen-bond acceptors (Lipinski definition) is 0. The van der Waals surface area contributed by atoms with Gasteiger partial charge in [0, 0.05) is 24.3 Å². The monoisotopic (exact) mass is 614 g/mol. The van der Waals surface area contributed by atoms with Crippen molar-refractivity contribution in [2.45, 2.75) is 0 Å². The molecule has 0 amide bonds. The van der Waals surface area contributed by atoms with Crippen LogP contribution in [0, 0.1) is 93.1 Å². The number of rotatable bonds is 4. The zero-order valence-corrected chi connectivity index (χ0v) is 19.9. The summed E-state index contributed by atoms with van der Waals surface area (Å²) in [5.41, 5.74) is -10.9. The molecule has 0 radical (unpaired) electrons.